The van der Waals surface area contributed by atoms with Crippen LogP contribution in [0.25, 0.3) is 5.70 Å². The third-order valence-corrected chi connectivity index (χ3v) is 9.07. The molecule has 228 valence electrons. The maximum Gasteiger partial charge on any atom is 0.253 e. The number of amides is 1. The highest BCUT2D eigenvalue weighted by atomic mass is 16.2. The lowest BCUT2D eigenvalue weighted by atomic mass is 9.67. The number of rotatable bonds is 10. The fourth-order valence-electron chi connectivity index (χ4n) is 6.69. The summed E-state index contributed by atoms with van der Waals surface area (Å²) in [4.78, 5) is 18.7. The lowest BCUT2D eigenvalue weighted by Gasteiger charge is -2.39. The summed E-state index contributed by atoms with van der Waals surface area (Å²) in [6, 6.07) is 14.8. The van der Waals surface area contributed by atoms with Crippen LogP contribution in [0.4, 0.5) is 0 Å². The van der Waals surface area contributed by atoms with Gasteiger partial charge in [-0.3, -0.25) is 10.2 Å². The monoisotopic (exact) mass is 581 g/mol. The summed E-state index contributed by atoms with van der Waals surface area (Å²) in [7, 11) is 9.35. The van der Waals surface area contributed by atoms with Gasteiger partial charge in [0.15, 0.2) is 0 Å². The van der Waals surface area contributed by atoms with Gasteiger partial charge in [-0.1, -0.05) is 31.4 Å². The first-order chi connectivity index (χ1) is 20.4. The van der Waals surface area contributed by atoms with Gasteiger partial charge in [-0.05, 0) is 85.0 Å². The fourth-order valence-corrected chi connectivity index (χ4v) is 6.69. The maximum atomic E-state index is 13.0. The van der Waals surface area contributed by atoms with Gasteiger partial charge in [0.05, 0.1) is 11.5 Å². The van der Waals surface area contributed by atoms with Gasteiger partial charge < -0.3 is 25.3 Å². The smallest absolute Gasteiger partial charge is 0.253 e. The van der Waals surface area contributed by atoms with Crippen LogP contribution in [0.1, 0.15) is 64.4 Å². The second-order valence-corrected chi connectivity index (χ2v) is 12.3. The molecule has 0 radical (unpaired) electrons. The normalized spacial score (nSPS) is 19.7. The van der Waals surface area contributed by atoms with Gasteiger partial charge in [0, 0.05) is 71.3 Å². The van der Waals surface area contributed by atoms with E-state index in [9.17, 15) is 15.5 Å². The standard InChI is InChI=1S/C35H47N7O/c1-23(39-22-24(2)42-17-9-10-30(42)21-36)20-35(34(37)38-4)31-15-13-26(25(3)40(5)6)18-27(31)11-12-28-19-29(14-16-32(28)35)33(43)41(7)8/h13-16,18-19,23,30,39H,2-3,9-12,17,20,22H2,1,4-8H3,(H2,37,38)/t23-,30?,35?/m1/s1. The molecule has 3 atom stereocenters. The topological polar surface area (TPSA) is 98.5 Å². The number of nitriles is 1. The lowest BCUT2D eigenvalue weighted by Crippen LogP contribution is -2.49. The molecule has 0 bridgehead atoms. The van der Waals surface area contributed by atoms with Crippen molar-refractivity contribution >= 4 is 17.4 Å². The Morgan fingerprint density at radius 3 is 2.26 bits per heavy atom. The molecule has 3 N–H and O–H groups in total. The highest BCUT2D eigenvalue weighted by Gasteiger charge is 2.44. The van der Waals surface area contributed by atoms with Gasteiger partial charge in [0.25, 0.3) is 5.91 Å². The van der Waals surface area contributed by atoms with Gasteiger partial charge in [-0.2, -0.15) is 5.26 Å². The maximum absolute atomic E-state index is 13.0. The first-order valence-electron chi connectivity index (χ1n) is 15.1. The second-order valence-electron chi connectivity index (χ2n) is 12.3. The van der Waals surface area contributed by atoms with Crippen LogP contribution < -0.4 is 10.6 Å². The van der Waals surface area contributed by atoms with Crippen LogP contribution in [0.5, 0.6) is 0 Å². The number of likely N-dealkylation sites (tertiary alicyclic amines) is 1. The number of nitrogens with one attached hydrogen (secondary N) is 3. The number of carbonyl (C=O) groups excluding carboxylic acids is 1. The average Bonchev–Trinajstić information content (AvgIpc) is 3.44. The van der Waals surface area contributed by atoms with Crippen molar-refractivity contribution in [2.75, 3.05) is 48.3 Å². The minimum absolute atomic E-state index is 0.00638. The molecule has 2 aliphatic rings. The number of aryl methyl sites for hydroxylation is 2. The van der Waals surface area contributed by atoms with E-state index in [1.165, 1.54) is 5.56 Å². The third kappa shape index (κ3) is 6.18. The molecular formula is C35H47N7O. The van der Waals surface area contributed by atoms with Gasteiger partial charge in [0.2, 0.25) is 0 Å². The predicted octanol–water partition coefficient (Wildman–Crippen LogP) is 4.37. The second kappa shape index (κ2) is 13.0. The van der Waals surface area contributed by atoms with Crippen molar-refractivity contribution in [2.45, 2.75) is 56.5 Å². The largest absolute Gasteiger partial charge is 0.378 e. The number of nitrogens with zero attached hydrogens (tertiary/aromatic N) is 4. The molecule has 1 amide bonds. The number of benzene rings is 2. The van der Waals surface area contributed by atoms with E-state index in [1.807, 2.05) is 38.2 Å². The number of likely N-dealkylation sites (N-methyl/N-ethyl adjacent to an activating group) is 1. The molecule has 1 saturated heterocycles. The first-order valence-corrected chi connectivity index (χ1v) is 15.1. The first kappa shape index (κ1) is 31.8. The quantitative estimate of drug-likeness (QED) is 0.285. The van der Waals surface area contributed by atoms with Crippen LogP contribution in [0.15, 0.2) is 55.3 Å². The van der Waals surface area contributed by atoms with Crippen LogP contribution in [-0.2, 0) is 18.3 Å². The zero-order valence-corrected chi connectivity index (χ0v) is 26.7. The van der Waals surface area contributed by atoms with E-state index in [4.69, 9.17) is 0 Å². The molecule has 0 aromatic heterocycles. The number of hydrogen-bond donors (Lipinski definition) is 3. The Morgan fingerprint density at radius 2 is 1.70 bits per heavy atom. The van der Waals surface area contributed by atoms with Crippen LogP contribution in [-0.4, -0.2) is 86.9 Å². The van der Waals surface area contributed by atoms with Gasteiger partial charge in [-0.25, -0.2) is 0 Å². The summed E-state index contributed by atoms with van der Waals surface area (Å²) in [6.07, 6.45) is 4.05. The highest BCUT2D eigenvalue weighted by Crippen LogP contribution is 2.44. The zero-order chi connectivity index (χ0) is 31.5. The summed E-state index contributed by atoms with van der Waals surface area (Å²) in [6.45, 7) is 12.2. The minimum Gasteiger partial charge on any atom is -0.378 e. The Labute approximate surface area is 257 Å². The van der Waals surface area contributed by atoms with Crippen LogP contribution in [0.3, 0.4) is 0 Å². The van der Waals surface area contributed by atoms with Crippen LogP contribution in [0.2, 0.25) is 0 Å². The molecule has 2 aromatic rings. The Kier molecular flexibility index (Phi) is 9.66. The molecular weight excluding hydrogens is 534 g/mol. The molecule has 1 fully saturated rings. The van der Waals surface area contributed by atoms with Crippen molar-refractivity contribution in [2.24, 2.45) is 0 Å². The zero-order valence-electron chi connectivity index (χ0n) is 26.7. The number of carbonyl (C=O) groups is 1. The number of hydrogen-bond acceptors (Lipinski definition) is 6. The van der Waals surface area contributed by atoms with E-state index >= 15 is 0 Å². The molecule has 2 unspecified atom stereocenters. The SMILES string of the molecule is C=C(c1ccc2c(c1)CCc1cc(C(=O)N(C)C)ccc1C2(C[C@@H](C)NCC(=C)N1CCCC1C#N)C(=N)NC)N(C)C. The third-order valence-electron chi connectivity index (χ3n) is 9.07. The molecule has 4 rings (SSSR count). The summed E-state index contributed by atoms with van der Waals surface area (Å²) in [5.41, 5.74) is 7.22. The summed E-state index contributed by atoms with van der Waals surface area (Å²) < 4.78 is 0. The molecule has 0 spiro atoms. The Balaban J connectivity index is 1.80. The van der Waals surface area contributed by atoms with E-state index in [0.29, 0.717) is 24.4 Å². The van der Waals surface area contributed by atoms with E-state index in [2.05, 4.69) is 65.9 Å². The van der Waals surface area contributed by atoms with Crippen LogP contribution >= 0.6 is 0 Å². The van der Waals surface area contributed by atoms with E-state index in [1.54, 1.807) is 19.0 Å². The van der Waals surface area contributed by atoms with Crippen LogP contribution in [0, 0.1) is 16.7 Å². The average molecular weight is 582 g/mol. The summed E-state index contributed by atoms with van der Waals surface area (Å²) in [5.74, 6) is 0.383. The minimum atomic E-state index is -0.774. The van der Waals surface area contributed by atoms with Gasteiger partial charge in [-0.15, -0.1) is 0 Å². The lowest BCUT2D eigenvalue weighted by molar-refractivity contribution is 0.0827. The van der Waals surface area contributed by atoms with Crippen molar-refractivity contribution < 1.29 is 4.79 Å². The Bertz CT molecular complexity index is 1380. The van der Waals surface area contributed by atoms with E-state index < -0.39 is 5.41 Å². The van der Waals surface area contributed by atoms with Crippen molar-refractivity contribution in [1.82, 2.24) is 25.3 Å². The molecule has 8 heteroatoms. The molecule has 8 nitrogen and oxygen atoms in total. The van der Waals surface area contributed by atoms with Crippen molar-refractivity contribution in [3.63, 3.8) is 0 Å². The molecule has 2 aromatic carbocycles. The number of amidine groups is 1. The molecule has 0 saturated carbocycles. The van der Waals surface area contributed by atoms with Crippen molar-refractivity contribution in [1.29, 1.82) is 10.7 Å². The van der Waals surface area contributed by atoms with Crippen molar-refractivity contribution in [3.05, 3.63) is 88.6 Å². The summed E-state index contributed by atoms with van der Waals surface area (Å²) >= 11 is 0. The van der Waals surface area contributed by atoms with Crippen molar-refractivity contribution in [3.8, 4) is 6.07 Å². The highest BCUT2D eigenvalue weighted by molar-refractivity contribution is 5.97. The molecule has 1 heterocycles. The van der Waals surface area contributed by atoms with Gasteiger partial charge >= 0.3 is 0 Å². The molecule has 1 aliphatic heterocycles. The van der Waals surface area contributed by atoms with E-state index in [-0.39, 0.29) is 18.0 Å². The Morgan fingerprint density at radius 1 is 1.09 bits per heavy atom. The molecule has 1 aliphatic carbocycles. The molecule has 43 heavy (non-hydrogen) atoms. The fraction of sp³-hybridized carbons (Fsp3) is 0.457. The Hall–Kier alpha value is -4.09. The number of fused-ring (bicyclic) bond motifs is 2. The summed E-state index contributed by atoms with van der Waals surface area (Å²) in [5, 5.41) is 25.9. The van der Waals surface area contributed by atoms with Gasteiger partial charge in [0.1, 0.15) is 11.9 Å². The van der Waals surface area contributed by atoms with E-state index in [0.717, 1.165) is 65.9 Å². The predicted molar refractivity (Wildman–Crippen MR) is 175 cm³/mol.